The number of hydrogen-bond acceptors (Lipinski definition) is 5. The van der Waals surface area contributed by atoms with Crippen LogP contribution in [0.3, 0.4) is 0 Å². The Balaban J connectivity index is 1.73. The lowest BCUT2D eigenvalue weighted by atomic mass is 10.1. The highest BCUT2D eigenvalue weighted by Gasteiger charge is 2.41. The summed E-state index contributed by atoms with van der Waals surface area (Å²) in [5.74, 6) is -4.24. The fourth-order valence-corrected chi connectivity index (χ4v) is 2.55. The van der Waals surface area contributed by atoms with Crippen molar-refractivity contribution in [3.63, 3.8) is 0 Å². The summed E-state index contributed by atoms with van der Waals surface area (Å²) in [5.41, 5.74) is 3.89. The predicted molar refractivity (Wildman–Crippen MR) is 96.3 cm³/mol. The van der Waals surface area contributed by atoms with E-state index < -0.39 is 24.0 Å². The summed E-state index contributed by atoms with van der Waals surface area (Å²) in [7, 11) is 0. The van der Waals surface area contributed by atoms with Gasteiger partial charge in [-0.3, -0.25) is 20.5 Å². The number of carbonyl (C=O) groups is 2. The maximum absolute atomic E-state index is 12.2. The molecule has 0 fully saturated rings. The monoisotopic (exact) mass is 405 g/mol. The first-order chi connectivity index (χ1) is 13.6. The van der Waals surface area contributed by atoms with Crippen LogP contribution in [0, 0.1) is 12.3 Å². The van der Waals surface area contributed by atoms with Gasteiger partial charge in [0.05, 0.1) is 16.8 Å². The molecule has 1 aromatic carbocycles. The second kappa shape index (κ2) is 7.62. The van der Waals surface area contributed by atoms with E-state index in [9.17, 15) is 22.8 Å². The number of guanidine groups is 1. The third-order valence-corrected chi connectivity index (χ3v) is 3.77. The van der Waals surface area contributed by atoms with Gasteiger partial charge in [0.15, 0.2) is 0 Å². The largest absolute Gasteiger partial charge is 0.493 e. The van der Waals surface area contributed by atoms with Gasteiger partial charge in [-0.25, -0.2) is 4.79 Å². The van der Waals surface area contributed by atoms with Crippen LogP contribution < -0.4 is 10.8 Å². The van der Waals surface area contributed by atoms with Crippen molar-refractivity contribution < 1.29 is 27.6 Å². The van der Waals surface area contributed by atoms with Crippen molar-refractivity contribution in [2.45, 2.75) is 13.1 Å². The Morgan fingerprint density at radius 1 is 1.21 bits per heavy atom. The van der Waals surface area contributed by atoms with E-state index in [-0.39, 0.29) is 5.56 Å². The molecule has 8 nitrogen and oxygen atoms in total. The van der Waals surface area contributed by atoms with Crippen LogP contribution in [-0.4, -0.2) is 33.6 Å². The Morgan fingerprint density at radius 2 is 1.93 bits per heavy atom. The average molecular weight is 405 g/mol. The number of benzene rings is 1. The van der Waals surface area contributed by atoms with E-state index in [1.807, 2.05) is 42.6 Å². The van der Waals surface area contributed by atoms with Crippen LogP contribution in [0.2, 0.25) is 0 Å². The molecule has 0 bridgehead atoms. The number of hydroxylamine groups is 1. The molecule has 11 heteroatoms. The van der Waals surface area contributed by atoms with Crippen molar-refractivity contribution >= 4 is 28.7 Å². The Morgan fingerprint density at radius 3 is 2.66 bits per heavy atom. The normalized spacial score (nSPS) is 11.2. The molecule has 0 saturated carbocycles. The van der Waals surface area contributed by atoms with Gasteiger partial charge in [-0.1, -0.05) is 18.2 Å². The molecule has 0 aliphatic heterocycles. The lowest BCUT2D eigenvalue weighted by Crippen LogP contribution is -2.43. The number of rotatable bonds is 2. The van der Waals surface area contributed by atoms with Gasteiger partial charge in [-0.05, 0) is 25.1 Å². The van der Waals surface area contributed by atoms with E-state index in [0.717, 1.165) is 22.3 Å². The van der Waals surface area contributed by atoms with Gasteiger partial charge in [-0.15, -0.1) is 0 Å². The standard InChI is InChI=1S/C18H14F3N5O3/c1-10-8-14(12-4-2-3-5-13(12)23-10)26-7-6-11(9-26)15(27)24-17(22)25-29-16(28)18(19,20)21/h2-9H,1H3,(H3,22,24,25,27). The van der Waals surface area contributed by atoms with Crippen molar-refractivity contribution in [1.29, 1.82) is 5.41 Å². The van der Waals surface area contributed by atoms with Gasteiger partial charge >= 0.3 is 12.1 Å². The number of pyridine rings is 1. The fourth-order valence-electron chi connectivity index (χ4n) is 2.55. The van der Waals surface area contributed by atoms with Gasteiger partial charge < -0.3 is 9.40 Å². The highest BCUT2D eigenvalue weighted by atomic mass is 19.4. The number of halogens is 3. The minimum Gasteiger partial charge on any atom is -0.332 e. The molecular weight excluding hydrogens is 391 g/mol. The number of para-hydroxylation sites is 1. The van der Waals surface area contributed by atoms with Crippen LogP contribution in [0.15, 0.2) is 48.8 Å². The molecule has 3 N–H and O–H groups in total. The van der Waals surface area contributed by atoms with Gasteiger partial charge in [0, 0.05) is 23.5 Å². The van der Waals surface area contributed by atoms with Gasteiger partial charge in [0.25, 0.3) is 5.91 Å². The molecule has 0 atom stereocenters. The number of aryl methyl sites for hydroxylation is 1. The number of amides is 1. The highest BCUT2D eigenvalue weighted by molar-refractivity contribution is 6.04. The van der Waals surface area contributed by atoms with Crippen molar-refractivity contribution in [2.24, 2.45) is 0 Å². The molecule has 0 spiro atoms. The smallest absolute Gasteiger partial charge is 0.332 e. The topological polar surface area (TPSA) is 109 Å². The van der Waals surface area contributed by atoms with E-state index in [0.29, 0.717) is 0 Å². The molecule has 0 unspecified atom stereocenters. The molecule has 29 heavy (non-hydrogen) atoms. The van der Waals surface area contributed by atoms with Gasteiger partial charge in [0.2, 0.25) is 5.96 Å². The average Bonchev–Trinajstić information content (AvgIpc) is 3.14. The molecule has 0 aliphatic carbocycles. The highest BCUT2D eigenvalue weighted by Crippen LogP contribution is 2.22. The van der Waals surface area contributed by atoms with Crippen LogP contribution in [0.5, 0.6) is 0 Å². The zero-order valence-corrected chi connectivity index (χ0v) is 14.9. The molecule has 3 rings (SSSR count). The first-order valence-corrected chi connectivity index (χ1v) is 8.14. The summed E-state index contributed by atoms with van der Waals surface area (Å²) in [6.45, 7) is 1.84. The number of alkyl halides is 3. The molecule has 0 saturated heterocycles. The molecule has 3 aromatic rings. The van der Waals surface area contributed by atoms with Crippen molar-refractivity contribution in [3.05, 3.63) is 60.0 Å². The van der Waals surface area contributed by atoms with E-state index >= 15 is 0 Å². The lowest BCUT2D eigenvalue weighted by Gasteiger charge is -2.10. The molecule has 2 heterocycles. The van der Waals surface area contributed by atoms with E-state index in [1.165, 1.54) is 17.7 Å². The zero-order chi connectivity index (χ0) is 21.2. The zero-order valence-electron chi connectivity index (χ0n) is 14.9. The first-order valence-electron chi connectivity index (χ1n) is 8.14. The Labute approximate surface area is 161 Å². The number of aromatic nitrogens is 2. The summed E-state index contributed by atoms with van der Waals surface area (Å²) in [5, 5.41) is 10.2. The van der Waals surface area contributed by atoms with Crippen LogP contribution in [0.4, 0.5) is 13.2 Å². The minimum atomic E-state index is -5.22. The maximum atomic E-state index is 12.2. The summed E-state index contributed by atoms with van der Waals surface area (Å²) in [6.07, 6.45) is -2.11. The first kappa shape index (κ1) is 19.9. The van der Waals surface area contributed by atoms with Gasteiger partial charge in [0.1, 0.15) is 0 Å². The predicted octanol–water partition coefficient (Wildman–Crippen LogP) is 2.61. The van der Waals surface area contributed by atoms with Crippen molar-refractivity contribution in [2.75, 3.05) is 0 Å². The SMILES string of the molecule is Cc1cc(-n2ccc(C(=O)NC(=N)NOC(=O)C(F)(F)F)c2)c2ccccc2n1. The number of carbonyl (C=O) groups excluding carboxylic acids is 2. The molecule has 0 radical (unpaired) electrons. The third kappa shape index (κ3) is 4.51. The van der Waals surface area contributed by atoms with Crippen LogP contribution in [0.25, 0.3) is 16.6 Å². The quantitative estimate of drug-likeness (QED) is 0.345. The molecule has 0 aliphatic rings. The van der Waals surface area contributed by atoms with Crippen molar-refractivity contribution in [1.82, 2.24) is 20.3 Å². The lowest BCUT2D eigenvalue weighted by molar-refractivity contribution is -0.204. The van der Waals surface area contributed by atoms with Crippen LogP contribution in [-0.2, 0) is 9.63 Å². The van der Waals surface area contributed by atoms with Gasteiger partial charge in [-0.2, -0.15) is 18.7 Å². The summed E-state index contributed by atoms with van der Waals surface area (Å²) in [6, 6.07) is 10.8. The third-order valence-electron chi connectivity index (χ3n) is 3.77. The molecule has 2 aromatic heterocycles. The summed E-state index contributed by atoms with van der Waals surface area (Å²) < 4.78 is 37.8. The Bertz CT molecular complexity index is 1110. The van der Waals surface area contributed by atoms with Crippen LogP contribution in [0.1, 0.15) is 16.1 Å². The Kier molecular flexibility index (Phi) is 5.22. The van der Waals surface area contributed by atoms with E-state index in [1.54, 1.807) is 10.8 Å². The van der Waals surface area contributed by atoms with Crippen molar-refractivity contribution in [3.8, 4) is 5.69 Å². The minimum absolute atomic E-state index is 0.136. The Hall–Kier alpha value is -3.89. The molecule has 1 amide bonds. The van der Waals surface area contributed by atoms with E-state index in [2.05, 4.69) is 9.82 Å². The number of hydrogen-bond donors (Lipinski definition) is 3. The summed E-state index contributed by atoms with van der Waals surface area (Å²) >= 11 is 0. The molecular formula is C18H14F3N5O3. The fraction of sp³-hybridized carbons (Fsp3) is 0.111. The second-order valence-corrected chi connectivity index (χ2v) is 5.93. The van der Waals surface area contributed by atoms with E-state index in [4.69, 9.17) is 5.41 Å². The number of nitrogens with zero attached hydrogens (tertiary/aromatic N) is 2. The maximum Gasteiger partial charge on any atom is 0.493 e. The number of nitrogens with one attached hydrogen (secondary N) is 3. The number of fused-ring (bicyclic) bond motifs is 1. The van der Waals surface area contributed by atoms with Crippen LogP contribution >= 0.6 is 0 Å². The second-order valence-electron chi connectivity index (χ2n) is 5.93. The molecule has 150 valence electrons. The summed E-state index contributed by atoms with van der Waals surface area (Å²) in [4.78, 5) is 30.9.